The summed E-state index contributed by atoms with van der Waals surface area (Å²) >= 11 is 4.93. The molecule has 148 valence electrons. The summed E-state index contributed by atoms with van der Waals surface area (Å²) in [6.07, 6.45) is 0. The third-order valence-corrected chi connectivity index (χ3v) is 6.10. The summed E-state index contributed by atoms with van der Waals surface area (Å²) in [6.45, 7) is 1.88. The number of hydrogen-bond donors (Lipinski definition) is 0. The third-order valence-electron chi connectivity index (χ3n) is 4.56. The highest BCUT2D eigenvalue weighted by molar-refractivity contribution is 9.10. The average Bonchev–Trinajstić information content (AvgIpc) is 3.10. The Morgan fingerprint density at radius 3 is 2.79 bits per heavy atom. The maximum atomic E-state index is 12.6. The van der Waals surface area contributed by atoms with Crippen molar-refractivity contribution in [3.63, 3.8) is 0 Å². The Kier molecular flexibility index (Phi) is 5.47. The van der Waals surface area contributed by atoms with Gasteiger partial charge in [0.1, 0.15) is 11.5 Å². The summed E-state index contributed by atoms with van der Waals surface area (Å²) in [5.74, 6) is 2.44. The van der Waals surface area contributed by atoms with Crippen LogP contribution in [0.25, 0.3) is 22.4 Å². The molecule has 2 heterocycles. The molecule has 4 aromatic rings. The van der Waals surface area contributed by atoms with Gasteiger partial charge in [-0.3, -0.25) is 9.36 Å². The minimum Gasteiger partial charge on any atom is -0.496 e. The van der Waals surface area contributed by atoms with Gasteiger partial charge in [0, 0.05) is 17.3 Å². The highest BCUT2D eigenvalue weighted by Crippen LogP contribution is 2.34. The Hall–Kier alpha value is -2.58. The van der Waals surface area contributed by atoms with Crippen LogP contribution < -0.4 is 10.3 Å². The minimum atomic E-state index is -0.0606. The molecule has 2 aromatic heterocycles. The quantitative estimate of drug-likeness (QED) is 0.302. The van der Waals surface area contributed by atoms with Crippen LogP contribution in [0, 0.1) is 6.92 Å². The fourth-order valence-corrected chi connectivity index (χ4v) is 4.32. The van der Waals surface area contributed by atoms with E-state index >= 15 is 0 Å². The first-order valence-electron chi connectivity index (χ1n) is 8.86. The van der Waals surface area contributed by atoms with E-state index in [1.54, 1.807) is 24.8 Å². The van der Waals surface area contributed by atoms with Gasteiger partial charge in [0.25, 0.3) is 5.56 Å². The Balaban J connectivity index is 1.64. The van der Waals surface area contributed by atoms with Crippen LogP contribution in [0.15, 0.2) is 61.3 Å². The molecule has 0 fully saturated rings. The van der Waals surface area contributed by atoms with Crippen LogP contribution in [0.2, 0.25) is 0 Å². The standard InChI is InChI=1S/C21H18BrN3O3S/c1-12-17(23-19(28-12)15-10-13(22)8-9-18(15)27-3)11-29-21-24-16-7-5-4-6-14(16)20(26)25(21)2/h4-10H,11H2,1-3H3. The van der Waals surface area contributed by atoms with Gasteiger partial charge in [0.2, 0.25) is 5.89 Å². The van der Waals surface area contributed by atoms with Gasteiger partial charge < -0.3 is 9.15 Å². The number of hydrogen-bond acceptors (Lipinski definition) is 6. The molecule has 0 aliphatic carbocycles. The van der Waals surface area contributed by atoms with E-state index in [4.69, 9.17) is 9.15 Å². The first kappa shape index (κ1) is 19.7. The first-order chi connectivity index (χ1) is 14.0. The van der Waals surface area contributed by atoms with E-state index in [9.17, 15) is 4.79 Å². The van der Waals surface area contributed by atoms with Gasteiger partial charge in [-0.15, -0.1) is 0 Å². The number of methoxy groups -OCH3 is 1. The number of aromatic nitrogens is 3. The van der Waals surface area contributed by atoms with Crippen molar-refractivity contribution in [1.29, 1.82) is 0 Å². The molecular weight excluding hydrogens is 454 g/mol. The van der Waals surface area contributed by atoms with Crippen molar-refractivity contribution >= 4 is 38.6 Å². The van der Waals surface area contributed by atoms with E-state index in [0.717, 1.165) is 21.5 Å². The van der Waals surface area contributed by atoms with Crippen LogP contribution in [-0.4, -0.2) is 21.6 Å². The molecule has 8 heteroatoms. The topological polar surface area (TPSA) is 70.2 Å². The predicted octanol–water partition coefficient (Wildman–Crippen LogP) is 4.96. The lowest BCUT2D eigenvalue weighted by Gasteiger charge is -2.07. The number of oxazole rings is 1. The lowest BCUT2D eigenvalue weighted by molar-refractivity contribution is 0.414. The van der Waals surface area contributed by atoms with E-state index in [1.165, 1.54) is 11.8 Å². The largest absolute Gasteiger partial charge is 0.496 e. The van der Waals surface area contributed by atoms with Gasteiger partial charge in [-0.05, 0) is 37.3 Å². The Morgan fingerprint density at radius 1 is 1.21 bits per heavy atom. The zero-order chi connectivity index (χ0) is 20.5. The molecule has 0 saturated heterocycles. The molecule has 0 N–H and O–H groups in total. The first-order valence-corrected chi connectivity index (χ1v) is 10.6. The van der Waals surface area contributed by atoms with Gasteiger partial charge in [-0.25, -0.2) is 9.97 Å². The fourth-order valence-electron chi connectivity index (χ4n) is 2.98. The number of ether oxygens (including phenoxy) is 1. The molecular formula is C21H18BrN3O3S. The van der Waals surface area contributed by atoms with E-state index in [1.807, 2.05) is 43.3 Å². The summed E-state index contributed by atoms with van der Waals surface area (Å²) in [6, 6.07) is 13.0. The van der Waals surface area contributed by atoms with Crippen LogP contribution in [0.1, 0.15) is 11.5 Å². The molecule has 6 nitrogen and oxygen atoms in total. The highest BCUT2D eigenvalue weighted by Gasteiger charge is 2.17. The van der Waals surface area contributed by atoms with Gasteiger partial charge in [0.05, 0.1) is 29.3 Å². The van der Waals surface area contributed by atoms with E-state index in [-0.39, 0.29) is 5.56 Å². The van der Waals surface area contributed by atoms with Gasteiger partial charge in [-0.2, -0.15) is 0 Å². The van der Waals surface area contributed by atoms with Crippen molar-refractivity contribution < 1.29 is 9.15 Å². The summed E-state index contributed by atoms with van der Waals surface area (Å²) < 4.78 is 13.8. The Labute approximate surface area is 180 Å². The van der Waals surface area contributed by atoms with E-state index in [2.05, 4.69) is 25.9 Å². The lowest BCUT2D eigenvalue weighted by atomic mass is 10.2. The van der Waals surface area contributed by atoms with Crippen LogP contribution in [0.4, 0.5) is 0 Å². The SMILES string of the molecule is COc1ccc(Br)cc1-c1nc(CSc2nc3ccccc3c(=O)n2C)c(C)o1. The maximum absolute atomic E-state index is 12.6. The third kappa shape index (κ3) is 3.82. The van der Waals surface area contributed by atoms with Gasteiger partial charge >= 0.3 is 0 Å². The number of fused-ring (bicyclic) bond motifs is 1. The van der Waals surface area contributed by atoms with Crippen LogP contribution in [0.3, 0.4) is 0 Å². The van der Waals surface area contributed by atoms with Gasteiger partial charge in [0.15, 0.2) is 5.16 Å². The van der Waals surface area contributed by atoms with Crippen molar-refractivity contribution in [2.75, 3.05) is 7.11 Å². The van der Waals surface area contributed by atoms with Crippen molar-refractivity contribution in [3.05, 3.63) is 68.7 Å². The molecule has 0 unspecified atom stereocenters. The fraction of sp³-hybridized carbons (Fsp3) is 0.190. The molecule has 0 aliphatic rings. The maximum Gasteiger partial charge on any atom is 0.261 e. The molecule has 0 saturated carbocycles. The van der Waals surface area contributed by atoms with E-state index in [0.29, 0.717) is 33.5 Å². The van der Waals surface area contributed by atoms with Crippen LogP contribution in [0.5, 0.6) is 5.75 Å². The molecule has 0 amide bonds. The smallest absolute Gasteiger partial charge is 0.261 e. The number of benzene rings is 2. The summed E-state index contributed by atoms with van der Waals surface area (Å²) in [5, 5.41) is 1.25. The highest BCUT2D eigenvalue weighted by atomic mass is 79.9. The Morgan fingerprint density at radius 2 is 2.00 bits per heavy atom. The second-order valence-electron chi connectivity index (χ2n) is 6.43. The zero-order valence-corrected chi connectivity index (χ0v) is 18.5. The van der Waals surface area contributed by atoms with Gasteiger partial charge in [-0.1, -0.05) is 39.8 Å². The molecule has 0 spiro atoms. The Bertz CT molecular complexity index is 1270. The summed E-state index contributed by atoms with van der Waals surface area (Å²) in [7, 11) is 3.35. The molecule has 0 atom stereocenters. The summed E-state index contributed by atoms with van der Waals surface area (Å²) in [4.78, 5) is 21.9. The zero-order valence-electron chi connectivity index (χ0n) is 16.1. The molecule has 4 rings (SSSR count). The number of para-hydroxylation sites is 1. The van der Waals surface area contributed by atoms with Crippen molar-refractivity contribution in [1.82, 2.24) is 14.5 Å². The predicted molar refractivity (Wildman–Crippen MR) is 117 cm³/mol. The normalized spacial score (nSPS) is 11.2. The summed E-state index contributed by atoms with van der Waals surface area (Å²) in [5.41, 5.74) is 2.20. The molecule has 29 heavy (non-hydrogen) atoms. The molecule has 2 aromatic carbocycles. The number of rotatable bonds is 5. The number of aryl methyl sites for hydroxylation is 1. The number of halogens is 1. The van der Waals surface area contributed by atoms with Crippen LogP contribution in [-0.2, 0) is 12.8 Å². The molecule has 0 aliphatic heterocycles. The lowest BCUT2D eigenvalue weighted by Crippen LogP contribution is -2.19. The minimum absolute atomic E-state index is 0.0606. The number of thioether (sulfide) groups is 1. The molecule has 0 radical (unpaired) electrons. The van der Waals surface area contributed by atoms with Crippen LogP contribution >= 0.6 is 27.7 Å². The van der Waals surface area contributed by atoms with Crippen molar-refractivity contribution in [2.24, 2.45) is 7.05 Å². The monoisotopic (exact) mass is 471 g/mol. The second kappa shape index (κ2) is 8.04. The average molecular weight is 472 g/mol. The van der Waals surface area contributed by atoms with Crippen molar-refractivity contribution in [2.45, 2.75) is 17.8 Å². The van der Waals surface area contributed by atoms with E-state index < -0.39 is 0 Å². The second-order valence-corrected chi connectivity index (χ2v) is 8.29. The van der Waals surface area contributed by atoms with Crippen molar-refractivity contribution in [3.8, 4) is 17.2 Å². The molecule has 0 bridgehead atoms. The number of nitrogens with zero attached hydrogens (tertiary/aromatic N) is 3.